The molecular weight excluding hydrogens is 266 g/mol. The molecule has 1 aliphatic carbocycles. The summed E-state index contributed by atoms with van der Waals surface area (Å²) in [4.78, 5) is 18.1. The summed E-state index contributed by atoms with van der Waals surface area (Å²) in [7, 11) is 0. The highest BCUT2D eigenvalue weighted by atomic mass is 16.7. The van der Waals surface area contributed by atoms with E-state index in [9.17, 15) is 4.79 Å². The molecule has 0 aromatic heterocycles. The smallest absolute Gasteiger partial charge is 0.280 e. The highest BCUT2D eigenvalue weighted by Gasteiger charge is 2.39. The Labute approximate surface area is 126 Å². The van der Waals surface area contributed by atoms with Crippen LogP contribution in [0.25, 0.3) is 0 Å². The number of hydrogen-bond acceptors (Lipinski definition) is 3. The maximum Gasteiger partial charge on any atom is 0.280 e. The minimum atomic E-state index is -0.386. The van der Waals surface area contributed by atoms with Crippen LogP contribution >= 0.6 is 0 Å². The molecule has 1 saturated carbocycles. The molecular formula is C17H23NO3. The molecule has 2 aliphatic rings. The van der Waals surface area contributed by atoms with Gasteiger partial charge in [0.15, 0.2) is 6.23 Å². The van der Waals surface area contributed by atoms with Crippen molar-refractivity contribution >= 4 is 5.91 Å². The van der Waals surface area contributed by atoms with Crippen molar-refractivity contribution in [1.29, 1.82) is 0 Å². The van der Waals surface area contributed by atoms with Gasteiger partial charge in [-0.25, -0.2) is 0 Å². The summed E-state index contributed by atoms with van der Waals surface area (Å²) in [6, 6.07) is 7.66. The first-order valence-corrected chi connectivity index (χ1v) is 8.02. The van der Waals surface area contributed by atoms with E-state index in [-0.39, 0.29) is 18.2 Å². The van der Waals surface area contributed by atoms with Gasteiger partial charge in [0.05, 0.1) is 12.7 Å². The molecule has 1 aliphatic heterocycles. The summed E-state index contributed by atoms with van der Waals surface area (Å²) in [5, 5.41) is 1.43. The number of benzene rings is 1. The Morgan fingerprint density at radius 3 is 2.71 bits per heavy atom. The maximum absolute atomic E-state index is 12.5. The quantitative estimate of drug-likeness (QED) is 0.827. The van der Waals surface area contributed by atoms with E-state index < -0.39 is 0 Å². The molecule has 0 bridgehead atoms. The lowest BCUT2D eigenvalue weighted by molar-refractivity contribution is -0.231. The molecule has 0 saturated heterocycles. The Morgan fingerprint density at radius 1 is 1.19 bits per heavy atom. The minimum absolute atomic E-state index is 0.0835. The van der Waals surface area contributed by atoms with E-state index in [2.05, 4.69) is 0 Å². The second-order valence-electron chi connectivity index (χ2n) is 5.80. The van der Waals surface area contributed by atoms with Crippen molar-refractivity contribution < 1.29 is 14.4 Å². The Morgan fingerprint density at radius 2 is 1.95 bits per heavy atom. The van der Waals surface area contributed by atoms with Gasteiger partial charge in [-0.15, -0.1) is 0 Å². The van der Waals surface area contributed by atoms with Gasteiger partial charge in [0.25, 0.3) is 5.91 Å². The molecule has 0 N–H and O–H groups in total. The molecule has 1 aromatic rings. The predicted octanol–water partition coefficient (Wildman–Crippen LogP) is 3.83. The number of nitrogens with zero attached hydrogens (tertiary/aromatic N) is 1. The molecule has 1 aromatic carbocycles. The van der Waals surface area contributed by atoms with Crippen LogP contribution in [0.3, 0.4) is 0 Å². The molecule has 1 fully saturated rings. The van der Waals surface area contributed by atoms with Crippen LogP contribution in [0.5, 0.6) is 0 Å². The Bertz CT molecular complexity index is 497. The fraction of sp³-hybridized carbons (Fsp3) is 0.588. The number of rotatable bonds is 5. The first-order valence-electron chi connectivity index (χ1n) is 8.02. The van der Waals surface area contributed by atoms with E-state index in [1.165, 1.54) is 24.3 Å². The van der Waals surface area contributed by atoms with Crippen LogP contribution in [0.15, 0.2) is 24.3 Å². The number of fused-ring (bicyclic) bond motifs is 1. The minimum Gasteiger partial charge on any atom is -0.348 e. The van der Waals surface area contributed by atoms with Gasteiger partial charge in [0, 0.05) is 11.1 Å². The zero-order chi connectivity index (χ0) is 14.7. The SMILES string of the molecule is CCCON1C(=O)c2ccccc2C1OC1CCCCC1. The number of amides is 1. The van der Waals surface area contributed by atoms with Gasteiger partial charge in [0.1, 0.15) is 0 Å². The van der Waals surface area contributed by atoms with Crippen LogP contribution in [0.2, 0.25) is 0 Å². The second-order valence-corrected chi connectivity index (χ2v) is 5.80. The second kappa shape index (κ2) is 6.58. The van der Waals surface area contributed by atoms with Crippen LogP contribution in [0.1, 0.15) is 67.6 Å². The zero-order valence-electron chi connectivity index (χ0n) is 12.6. The molecule has 0 spiro atoms. The van der Waals surface area contributed by atoms with E-state index in [4.69, 9.17) is 9.57 Å². The largest absolute Gasteiger partial charge is 0.348 e. The highest BCUT2D eigenvalue weighted by molar-refractivity contribution is 5.98. The third-order valence-electron chi connectivity index (χ3n) is 4.18. The summed E-state index contributed by atoms with van der Waals surface area (Å²) in [6.07, 6.45) is 6.58. The summed E-state index contributed by atoms with van der Waals surface area (Å²) >= 11 is 0. The van der Waals surface area contributed by atoms with Crippen molar-refractivity contribution in [3.05, 3.63) is 35.4 Å². The standard InChI is InChI=1S/C17H23NO3/c1-2-12-20-18-16(19)14-10-6-7-11-15(14)17(18)21-13-8-4-3-5-9-13/h6-7,10-11,13,17H,2-5,8-9,12H2,1H3. The summed E-state index contributed by atoms with van der Waals surface area (Å²) in [6.45, 7) is 2.56. The Kier molecular flexibility index (Phi) is 4.56. The lowest BCUT2D eigenvalue weighted by Gasteiger charge is -2.30. The predicted molar refractivity (Wildman–Crippen MR) is 79.6 cm³/mol. The number of ether oxygens (including phenoxy) is 1. The molecule has 4 nitrogen and oxygen atoms in total. The maximum atomic E-state index is 12.5. The Hall–Kier alpha value is -1.39. The van der Waals surface area contributed by atoms with Crippen LogP contribution in [-0.2, 0) is 9.57 Å². The number of carbonyl (C=O) groups excluding carboxylic acids is 1. The third kappa shape index (κ3) is 2.97. The Balaban J connectivity index is 1.80. The van der Waals surface area contributed by atoms with Crippen molar-refractivity contribution in [3.8, 4) is 0 Å². The first-order chi connectivity index (χ1) is 10.3. The van der Waals surface area contributed by atoms with Crippen LogP contribution in [0.4, 0.5) is 0 Å². The zero-order valence-corrected chi connectivity index (χ0v) is 12.6. The van der Waals surface area contributed by atoms with Crippen molar-refractivity contribution in [2.75, 3.05) is 6.61 Å². The van der Waals surface area contributed by atoms with Crippen LogP contribution in [-0.4, -0.2) is 23.7 Å². The van der Waals surface area contributed by atoms with E-state index in [0.29, 0.717) is 12.2 Å². The monoisotopic (exact) mass is 289 g/mol. The van der Waals surface area contributed by atoms with Crippen LogP contribution < -0.4 is 0 Å². The van der Waals surface area contributed by atoms with E-state index in [1.807, 2.05) is 31.2 Å². The van der Waals surface area contributed by atoms with Crippen LogP contribution in [0, 0.1) is 0 Å². The molecule has 0 radical (unpaired) electrons. The molecule has 1 unspecified atom stereocenters. The normalized spacial score (nSPS) is 22.6. The van der Waals surface area contributed by atoms with E-state index >= 15 is 0 Å². The molecule has 1 heterocycles. The molecule has 4 heteroatoms. The van der Waals surface area contributed by atoms with Crippen molar-refractivity contribution in [3.63, 3.8) is 0 Å². The third-order valence-corrected chi connectivity index (χ3v) is 4.18. The molecule has 1 amide bonds. The van der Waals surface area contributed by atoms with E-state index in [0.717, 1.165) is 24.8 Å². The highest BCUT2D eigenvalue weighted by Crippen LogP contribution is 2.37. The molecule has 3 rings (SSSR count). The molecule has 1 atom stereocenters. The molecule has 114 valence electrons. The fourth-order valence-electron chi connectivity index (χ4n) is 3.09. The van der Waals surface area contributed by atoms with Gasteiger partial charge in [-0.3, -0.25) is 9.63 Å². The van der Waals surface area contributed by atoms with Crippen molar-refractivity contribution in [2.45, 2.75) is 57.8 Å². The summed E-state index contributed by atoms with van der Waals surface area (Å²) in [5.41, 5.74) is 1.64. The summed E-state index contributed by atoms with van der Waals surface area (Å²) < 4.78 is 6.24. The average Bonchev–Trinajstić information content (AvgIpc) is 2.79. The van der Waals surface area contributed by atoms with Crippen molar-refractivity contribution in [2.24, 2.45) is 0 Å². The van der Waals surface area contributed by atoms with Crippen molar-refractivity contribution in [1.82, 2.24) is 5.06 Å². The average molecular weight is 289 g/mol. The lowest BCUT2D eigenvalue weighted by Crippen LogP contribution is -2.33. The topological polar surface area (TPSA) is 38.8 Å². The van der Waals surface area contributed by atoms with Gasteiger partial charge >= 0.3 is 0 Å². The number of carbonyl (C=O) groups is 1. The van der Waals surface area contributed by atoms with Gasteiger partial charge in [-0.2, -0.15) is 5.06 Å². The number of hydrogen-bond donors (Lipinski definition) is 0. The van der Waals surface area contributed by atoms with Gasteiger partial charge in [-0.05, 0) is 25.3 Å². The van der Waals surface area contributed by atoms with Gasteiger partial charge in [0.2, 0.25) is 0 Å². The fourth-order valence-corrected chi connectivity index (χ4v) is 3.09. The van der Waals surface area contributed by atoms with E-state index in [1.54, 1.807) is 0 Å². The lowest BCUT2D eigenvalue weighted by atomic mass is 9.97. The van der Waals surface area contributed by atoms with Gasteiger partial charge in [-0.1, -0.05) is 44.4 Å². The number of hydroxylamine groups is 2. The first kappa shape index (κ1) is 14.5. The molecule has 21 heavy (non-hydrogen) atoms. The summed E-state index contributed by atoms with van der Waals surface area (Å²) in [5.74, 6) is -0.0835. The van der Waals surface area contributed by atoms with Gasteiger partial charge < -0.3 is 4.74 Å².